The van der Waals surface area contributed by atoms with Crippen molar-refractivity contribution in [1.29, 1.82) is 0 Å². The molecule has 0 aliphatic carbocycles. The van der Waals surface area contributed by atoms with Crippen LogP contribution in [-0.2, 0) is 0 Å². The van der Waals surface area contributed by atoms with Gasteiger partial charge >= 0.3 is 6.03 Å². The van der Waals surface area contributed by atoms with Crippen LogP contribution in [0, 0.1) is 0 Å². The maximum absolute atomic E-state index is 12.5. The van der Waals surface area contributed by atoms with Crippen LogP contribution in [0.4, 0.5) is 4.79 Å². The van der Waals surface area contributed by atoms with Crippen molar-refractivity contribution in [2.75, 3.05) is 25.7 Å². The summed E-state index contributed by atoms with van der Waals surface area (Å²) in [4.78, 5) is 14.4. The number of para-hydroxylation sites is 1. The number of nitrogens with zero attached hydrogens (tertiary/aromatic N) is 2. The number of hydrogen-bond acceptors (Lipinski definition) is 5. The highest BCUT2D eigenvalue weighted by Gasteiger charge is 2.29. The molecule has 2 N–H and O–H groups in total. The van der Waals surface area contributed by atoms with E-state index in [2.05, 4.69) is 5.32 Å². The van der Waals surface area contributed by atoms with Crippen LogP contribution in [-0.4, -0.2) is 53.1 Å². The summed E-state index contributed by atoms with van der Waals surface area (Å²) in [7, 11) is 1.89. The van der Waals surface area contributed by atoms with Gasteiger partial charge < -0.3 is 14.8 Å². The van der Waals surface area contributed by atoms with E-state index < -0.39 is 12.1 Å². The van der Waals surface area contributed by atoms with Crippen molar-refractivity contribution in [3.63, 3.8) is 0 Å². The van der Waals surface area contributed by atoms with E-state index in [9.17, 15) is 10.0 Å². The van der Waals surface area contributed by atoms with E-state index in [1.165, 1.54) is 0 Å². The molecule has 7 nitrogen and oxygen atoms in total. The first-order chi connectivity index (χ1) is 12.5. The van der Waals surface area contributed by atoms with Crippen LogP contribution in [0.1, 0.15) is 37.8 Å². The number of ether oxygens (including phenoxy) is 2. The smallest absolute Gasteiger partial charge is 0.343 e. The Balaban J connectivity index is 2.12. The first kappa shape index (κ1) is 20.9. The molecule has 0 radical (unpaired) electrons. The van der Waals surface area contributed by atoms with E-state index in [4.69, 9.17) is 32.7 Å². The quantitative estimate of drug-likeness (QED) is 0.410. The zero-order valence-corrected chi connectivity index (χ0v) is 16.5. The van der Waals surface area contributed by atoms with Crippen LogP contribution in [0.2, 0.25) is 0 Å². The second kappa shape index (κ2) is 10.1. The average Bonchev–Trinajstić information content (AvgIpc) is 2.63. The number of benzene rings is 1. The zero-order chi connectivity index (χ0) is 19.1. The van der Waals surface area contributed by atoms with E-state index in [-0.39, 0.29) is 18.3 Å². The third-order valence-corrected chi connectivity index (χ3v) is 4.67. The van der Waals surface area contributed by atoms with Crippen molar-refractivity contribution >= 4 is 29.2 Å². The highest BCUT2D eigenvalue weighted by molar-refractivity contribution is 6.17. The molecular formula is C17H25Cl2N3O4. The number of nitrogens with one attached hydrogen (secondary N) is 1. The number of likely N-dealkylation sites (tertiary alicyclic amines) is 1. The number of halogens is 2. The first-order valence-corrected chi connectivity index (χ1v) is 9.55. The van der Waals surface area contributed by atoms with Gasteiger partial charge in [-0.25, -0.2) is 4.79 Å². The number of rotatable bonds is 7. The lowest BCUT2D eigenvalue weighted by Crippen LogP contribution is -2.53. The Labute approximate surface area is 163 Å². The van der Waals surface area contributed by atoms with Crippen LogP contribution >= 0.6 is 23.2 Å². The van der Waals surface area contributed by atoms with Gasteiger partial charge in [-0.1, -0.05) is 35.3 Å². The number of carbonyl (C=O) groups is 1. The Kier molecular flexibility index (Phi) is 8.09. The highest BCUT2D eigenvalue weighted by atomic mass is 35.5. The molecule has 1 saturated heterocycles. The summed E-state index contributed by atoms with van der Waals surface area (Å²) in [6.07, 6.45) is 2.43. The zero-order valence-electron chi connectivity index (χ0n) is 15.0. The molecule has 1 aliphatic rings. The minimum absolute atomic E-state index is 0.0404. The molecule has 1 aliphatic heterocycles. The van der Waals surface area contributed by atoms with E-state index in [1.807, 2.05) is 11.9 Å². The minimum atomic E-state index is -0.572. The molecule has 2 rings (SSSR count). The SMILES string of the molecule is CC(NC(=O)N(O)[C@@H]1CCCCN1C)c1cccc(OCCl)c1OCCl. The van der Waals surface area contributed by atoms with Crippen molar-refractivity contribution in [2.24, 2.45) is 0 Å². The number of hydrogen-bond donors (Lipinski definition) is 2. The third-order valence-electron chi connectivity index (χ3n) is 4.45. The Hall–Kier alpha value is -1.41. The van der Waals surface area contributed by atoms with Crippen LogP contribution < -0.4 is 14.8 Å². The maximum Gasteiger partial charge on any atom is 0.343 e. The molecule has 1 unspecified atom stereocenters. The number of urea groups is 1. The van der Waals surface area contributed by atoms with Crippen LogP contribution in [0.15, 0.2) is 18.2 Å². The number of hydroxylamine groups is 2. The molecule has 9 heteroatoms. The van der Waals surface area contributed by atoms with Crippen molar-refractivity contribution in [3.05, 3.63) is 23.8 Å². The summed E-state index contributed by atoms with van der Waals surface area (Å²) in [5.74, 6) is 0.849. The summed E-state index contributed by atoms with van der Waals surface area (Å²) >= 11 is 11.3. The summed E-state index contributed by atoms with van der Waals surface area (Å²) in [5.41, 5.74) is 0.673. The van der Waals surface area contributed by atoms with Gasteiger partial charge in [0.15, 0.2) is 23.6 Å². The molecule has 1 aromatic rings. The molecule has 0 aromatic heterocycles. The molecule has 0 bridgehead atoms. The van der Waals surface area contributed by atoms with E-state index in [0.29, 0.717) is 17.1 Å². The lowest BCUT2D eigenvalue weighted by atomic mass is 10.1. The van der Waals surface area contributed by atoms with Gasteiger partial charge in [0, 0.05) is 5.56 Å². The summed E-state index contributed by atoms with van der Waals surface area (Å²) in [5, 5.41) is 13.8. The second-order valence-corrected chi connectivity index (χ2v) is 6.59. The molecule has 26 heavy (non-hydrogen) atoms. The highest BCUT2D eigenvalue weighted by Crippen LogP contribution is 2.35. The number of amides is 2. The molecule has 0 saturated carbocycles. The largest absolute Gasteiger partial charge is 0.474 e. The lowest BCUT2D eigenvalue weighted by Gasteiger charge is -2.37. The molecule has 0 spiro atoms. The number of carbonyl (C=O) groups excluding carboxylic acids is 1. The van der Waals surface area contributed by atoms with Crippen LogP contribution in [0.3, 0.4) is 0 Å². The maximum atomic E-state index is 12.5. The normalized spacial score (nSPS) is 18.9. The minimum Gasteiger partial charge on any atom is -0.474 e. The summed E-state index contributed by atoms with van der Waals surface area (Å²) in [6, 6.07) is 4.14. The van der Waals surface area contributed by atoms with Crippen molar-refractivity contribution in [2.45, 2.75) is 38.4 Å². The molecule has 2 atom stereocenters. The fraction of sp³-hybridized carbons (Fsp3) is 0.588. The van der Waals surface area contributed by atoms with Gasteiger partial charge in [0.1, 0.15) is 6.17 Å². The van der Waals surface area contributed by atoms with Gasteiger partial charge in [-0.3, -0.25) is 10.1 Å². The summed E-state index contributed by atoms with van der Waals surface area (Å²) in [6.45, 7) is 2.63. The van der Waals surface area contributed by atoms with E-state index >= 15 is 0 Å². The van der Waals surface area contributed by atoms with Crippen molar-refractivity contribution in [1.82, 2.24) is 15.3 Å². The van der Waals surface area contributed by atoms with Gasteiger partial charge in [0.25, 0.3) is 0 Å². The Morgan fingerprint density at radius 2 is 2.12 bits per heavy atom. The van der Waals surface area contributed by atoms with Gasteiger partial charge in [-0.05, 0) is 45.8 Å². The fourth-order valence-corrected chi connectivity index (χ4v) is 3.31. The van der Waals surface area contributed by atoms with Crippen LogP contribution in [0.5, 0.6) is 11.5 Å². The molecule has 1 heterocycles. The fourth-order valence-electron chi connectivity index (χ4n) is 3.09. The van der Waals surface area contributed by atoms with Crippen LogP contribution in [0.25, 0.3) is 0 Å². The molecule has 1 aromatic carbocycles. The van der Waals surface area contributed by atoms with E-state index in [0.717, 1.165) is 30.9 Å². The van der Waals surface area contributed by atoms with Crippen molar-refractivity contribution in [3.8, 4) is 11.5 Å². The van der Waals surface area contributed by atoms with Crippen molar-refractivity contribution < 1.29 is 19.5 Å². The number of alkyl halides is 2. The molecule has 2 amide bonds. The Morgan fingerprint density at radius 3 is 2.77 bits per heavy atom. The predicted molar refractivity (Wildman–Crippen MR) is 100.0 cm³/mol. The lowest BCUT2D eigenvalue weighted by molar-refractivity contribution is -0.133. The van der Waals surface area contributed by atoms with Gasteiger partial charge in [0.05, 0.1) is 6.04 Å². The van der Waals surface area contributed by atoms with Gasteiger partial charge in [-0.2, -0.15) is 5.06 Å². The van der Waals surface area contributed by atoms with E-state index in [1.54, 1.807) is 25.1 Å². The standard InChI is InChI=1S/C17H25Cl2N3O4/c1-12(13-6-5-7-14(25-10-18)16(13)26-11-19)20-17(23)22(24)15-8-3-4-9-21(15)2/h5-7,12,15,24H,3-4,8-11H2,1-2H3,(H,20,23)/t12?,15-/m1/s1. The first-order valence-electron chi connectivity index (χ1n) is 8.48. The molecule has 1 fully saturated rings. The predicted octanol–water partition coefficient (Wildman–Crippen LogP) is 3.74. The summed E-state index contributed by atoms with van der Waals surface area (Å²) < 4.78 is 10.8. The molecular weight excluding hydrogens is 381 g/mol. The van der Waals surface area contributed by atoms with Gasteiger partial charge in [0.2, 0.25) is 0 Å². The monoisotopic (exact) mass is 405 g/mol. The number of piperidine rings is 1. The topological polar surface area (TPSA) is 74.3 Å². The molecule has 146 valence electrons. The third kappa shape index (κ3) is 5.07. The Morgan fingerprint density at radius 1 is 1.38 bits per heavy atom. The second-order valence-electron chi connectivity index (χ2n) is 6.15. The van der Waals surface area contributed by atoms with Gasteiger partial charge in [-0.15, -0.1) is 0 Å². The average molecular weight is 406 g/mol. The Bertz CT molecular complexity index is 605.